The van der Waals surface area contributed by atoms with Gasteiger partial charge in [0.05, 0.1) is 6.54 Å². The second-order valence-corrected chi connectivity index (χ2v) is 4.30. The summed E-state index contributed by atoms with van der Waals surface area (Å²) in [5.41, 5.74) is 0. The number of rotatable bonds is 4. The lowest BCUT2D eigenvalue weighted by atomic mass is 10.1. The molecule has 88 valence electrons. The van der Waals surface area contributed by atoms with E-state index in [0.717, 1.165) is 32.5 Å². The molecule has 1 aliphatic rings. The Morgan fingerprint density at radius 2 is 1.93 bits per heavy atom. The summed E-state index contributed by atoms with van der Waals surface area (Å²) >= 11 is 0. The van der Waals surface area contributed by atoms with Crippen LogP contribution in [0.4, 0.5) is 0 Å². The SMILES string of the molecule is CCN(C)C(=O)CN(C)C1CCNCC1. The normalized spacial score (nSPS) is 18.1. The van der Waals surface area contributed by atoms with Crippen LogP contribution in [0.2, 0.25) is 0 Å². The number of piperidine rings is 1. The van der Waals surface area contributed by atoms with Crippen molar-refractivity contribution < 1.29 is 4.79 Å². The summed E-state index contributed by atoms with van der Waals surface area (Å²) in [5, 5.41) is 3.33. The van der Waals surface area contributed by atoms with Gasteiger partial charge in [0.1, 0.15) is 0 Å². The van der Waals surface area contributed by atoms with Gasteiger partial charge >= 0.3 is 0 Å². The molecule has 4 nitrogen and oxygen atoms in total. The molecule has 0 aliphatic carbocycles. The predicted molar refractivity (Wildman–Crippen MR) is 61.8 cm³/mol. The van der Waals surface area contributed by atoms with Crippen LogP contribution in [-0.2, 0) is 4.79 Å². The molecule has 15 heavy (non-hydrogen) atoms. The Morgan fingerprint density at radius 3 is 2.47 bits per heavy atom. The Labute approximate surface area is 92.6 Å². The summed E-state index contributed by atoms with van der Waals surface area (Å²) in [6.45, 7) is 5.50. The number of hydrogen-bond donors (Lipinski definition) is 1. The Morgan fingerprint density at radius 1 is 1.33 bits per heavy atom. The van der Waals surface area contributed by atoms with Crippen molar-refractivity contribution in [3.63, 3.8) is 0 Å². The number of nitrogens with one attached hydrogen (secondary N) is 1. The molecule has 1 aliphatic heterocycles. The Bertz CT molecular complexity index is 202. The zero-order valence-corrected chi connectivity index (χ0v) is 10.1. The minimum atomic E-state index is 0.221. The highest BCUT2D eigenvalue weighted by Crippen LogP contribution is 2.09. The largest absolute Gasteiger partial charge is 0.345 e. The van der Waals surface area contributed by atoms with Crippen LogP contribution in [0.15, 0.2) is 0 Å². The first-order valence-corrected chi connectivity index (χ1v) is 5.80. The molecule has 4 heteroatoms. The van der Waals surface area contributed by atoms with Crippen molar-refractivity contribution in [2.75, 3.05) is 40.3 Å². The van der Waals surface area contributed by atoms with E-state index in [1.807, 2.05) is 14.0 Å². The average molecular weight is 213 g/mol. The fourth-order valence-electron chi connectivity index (χ4n) is 1.89. The van der Waals surface area contributed by atoms with Gasteiger partial charge in [-0.15, -0.1) is 0 Å². The zero-order valence-electron chi connectivity index (χ0n) is 10.1. The first kappa shape index (κ1) is 12.5. The fourth-order valence-corrected chi connectivity index (χ4v) is 1.89. The topological polar surface area (TPSA) is 35.6 Å². The van der Waals surface area contributed by atoms with Gasteiger partial charge in [-0.1, -0.05) is 0 Å². The summed E-state index contributed by atoms with van der Waals surface area (Å²) in [4.78, 5) is 15.7. The van der Waals surface area contributed by atoms with Crippen molar-refractivity contribution in [2.24, 2.45) is 0 Å². The van der Waals surface area contributed by atoms with Gasteiger partial charge in [-0.3, -0.25) is 9.69 Å². The van der Waals surface area contributed by atoms with Gasteiger partial charge in [0, 0.05) is 19.6 Å². The lowest BCUT2D eigenvalue weighted by Gasteiger charge is -2.32. The molecule has 1 rings (SSSR count). The first-order valence-electron chi connectivity index (χ1n) is 5.80. The van der Waals surface area contributed by atoms with E-state index in [1.54, 1.807) is 4.90 Å². The number of amides is 1. The lowest BCUT2D eigenvalue weighted by Crippen LogP contribution is -2.45. The molecule has 1 fully saturated rings. The van der Waals surface area contributed by atoms with Gasteiger partial charge < -0.3 is 10.2 Å². The van der Waals surface area contributed by atoms with Gasteiger partial charge in [-0.25, -0.2) is 0 Å². The molecule has 0 aromatic rings. The highest BCUT2D eigenvalue weighted by Gasteiger charge is 2.20. The third-order valence-electron chi connectivity index (χ3n) is 3.22. The monoisotopic (exact) mass is 213 g/mol. The second kappa shape index (κ2) is 6.08. The van der Waals surface area contributed by atoms with E-state index in [-0.39, 0.29) is 5.91 Å². The number of nitrogens with zero attached hydrogens (tertiary/aromatic N) is 2. The molecular formula is C11H23N3O. The molecule has 0 bridgehead atoms. The van der Waals surface area contributed by atoms with Gasteiger partial charge in [-0.05, 0) is 39.9 Å². The van der Waals surface area contributed by atoms with Gasteiger partial charge in [0.2, 0.25) is 5.91 Å². The maximum atomic E-state index is 11.7. The summed E-state index contributed by atoms with van der Waals surface area (Å²) in [5.74, 6) is 0.221. The summed E-state index contributed by atoms with van der Waals surface area (Å²) in [6.07, 6.45) is 2.30. The third kappa shape index (κ3) is 3.80. The van der Waals surface area contributed by atoms with Crippen LogP contribution in [0.3, 0.4) is 0 Å². The predicted octanol–water partition coefficient (Wildman–Crippen LogP) is 0.149. The van der Waals surface area contributed by atoms with Crippen LogP contribution in [0, 0.1) is 0 Å². The molecule has 0 spiro atoms. The molecule has 0 atom stereocenters. The van der Waals surface area contributed by atoms with Crippen LogP contribution >= 0.6 is 0 Å². The minimum Gasteiger partial charge on any atom is -0.345 e. The van der Waals surface area contributed by atoms with E-state index in [1.165, 1.54) is 0 Å². The van der Waals surface area contributed by atoms with Gasteiger partial charge in [-0.2, -0.15) is 0 Å². The quantitative estimate of drug-likeness (QED) is 0.722. The average Bonchev–Trinajstić information content (AvgIpc) is 2.29. The smallest absolute Gasteiger partial charge is 0.236 e. The number of hydrogen-bond acceptors (Lipinski definition) is 3. The Kier molecular flexibility index (Phi) is 5.05. The second-order valence-electron chi connectivity index (χ2n) is 4.30. The Balaban J connectivity index is 2.33. The minimum absolute atomic E-state index is 0.221. The van der Waals surface area contributed by atoms with E-state index in [0.29, 0.717) is 12.6 Å². The van der Waals surface area contributed by atoms with E-state index < -0.39 is 0 Å². The third-order valence-corrected chi connectivity index (χ3v) is 3.22. The maximum Gasteiger partial charge on any atom is 0.236 e. The maximum absolute atomic E-state index is 11.7. The van der Waals surface area contributed by atoms with Crippen LogP contribution in [0.1, 0.15) is 19.8 Å². The molecule has 0 saturated carbocycles. The van der Waals surface area contributed by atoms with Crippen LogP contribution in [0.5, 0.6) is 0 Å². The highest BCUT2D eigenvalue weighted by molar-refractivity contribution is 5.77. The first-order chi connectivity index (χ1) is 7.15. The van der Waals surface area contributed by atoms with E-state index in [4.69, 9.17) is 0 Å². The molecule has 0 aromatic heterocycles. The van der Waals surface area contributed by atoms with Crippen LogP contribution in [-0.4, -0.2) is 62.0 Å². The molecular weight excluding hydrogens is 190 g/mol. The van der Waals surface area contributed by atoms with Crippen molar-refractivity contribution in [3.8, 4) is 0 Å². The molecule has 0 unspecified atom stereocenters. The number of likely N-dealkylation sites (N-methyl/N-ethyl adjacent to an activating group) is 2. The molecule has 1 heterocycles. The highest BCUT2D eigenvalue weighted by atomic mass is 16.2. The molecule has 1 N–H and O–H groups in total. The van der Waals surface area contributed by atoms with Gasteiger partial charge in [0.25, 0.3) is 0 Å². The summed E-state index contributed by atoms with van der Waals surface area (Å²) < 4.78 is 0. The standard InChI is InChI=1S/C11H23N3O/c1-4-13(2)11(15)9-14(3)10-5-7-12-8-6-10/h10,12H,4-9H2,1-3H3. The zero-order chi connectivity index (χ0) is 11.3. The van der Waals surface area contributed by atoms with Gasteiger partial charge in [0.15, 0.2) is 0 Å². The number of carbonyl (C=O) groups is 1. The lowest BCUT2D eigenvalue weighted by molar-refractivity contribution is -0.131. The van der Waals surface area contributed by atoms with E-state index >= 15 is 0 Å². The van der Waals surface area contributed by atoms with Crippen molar-refractivity contribution in [3.05, 3.63) is 0 Å². The summed E-state index contributed by atoms with van der Waals surface area (Å²) in [7, 11) is 3.91. The molecule has 1 saturated heterocycles. The van der Waals surface area contributed by atoms with Crippen molar-refractivity contribution in [1.82, 2.24) is 15.1 Å². The molecule has 0 aromatic carbocycles. The summed E-state index contributed by atoms with van der Waals surface area (Å²) in [6, 6.07) is 0.570. The van der Waals surface area contributed by atoms with Crippen molar-refractivity contribution in [1.29, 1.82) is 0 Å². The van der Waals surface area contributed by atoms with E-state index in [9.17, 15) is 4.79 Å². The fraction of sp³-hybridized carbons (Fsp3) is 0.909. The molecule has 0 radical (unpaired) electrons. The van der Waals surface area contributed by atoms with Crippen molar-refractivity contribution in [2.45, 2.75) is 25.8 Å². The van der Waals surface area contributed by atoms with E-state index in [2.05, 4.69) is 17.3 Å². The Hall–Kier alpha value is -0.610. The number of carbonyl (C=O) groups excluding carboxylic acids is 1. The van der Waals surface area contributed by atoms with Crippen LogP contribution < -0.4 is 5.32 Å². The van der Waals surface area contributed by atoms with Crippen molar-refractivity contribution >= 4 is 5.91 Å². The molecule has 1 amide bonds. The van der Waals surface area contributed by atoms with Crippen LogP contribution in [0.25, 0.3) is 0 Å².